The van der Waals surface area contributed by atoms with Gasteiger partial charge in [-0.25, -0.2) is 14.2 Å². The average Bonchev–Trinajstić information content (AvgIpc) is 3.06. The van der Waals surface area contributed by atoms with E-state index in [9.17, 15) is 9.59 Å². The number of carbonyl (C=O) groups excluding carboxylic acids is 2. The molecule has 0 N–H and O–H groups in total. The van der Waals surface area contributed by atoms with Crippen molar-refractivity contribution in [2.24, 2.45) is 0 Å². The van der Waals surface area contributed by atoms with Crippen molar-refractivity contribution in [3.63, 3.8) is 0 Å². The van der Waals surface area contributed by atoms with Crippen LogP contribution in [0.2, 0.25) is 0 Å². The summed E-state index contributed by atoms with van der Waals surface area (Å²) >= 11 is 0. The predicted molar refractivity (Wildman–Crippen MR) is 179 cm³/mol. The first-order chi connectivity index (χ1) is 22.3. The smallest absolute Gasteiger partial charge is 0.343 e. The van der Waals surface area contributed by atoms with Gasteiger partial charge in [0.05, 0.1) is 17.7 Å². The van der Waals surface area contributed by atoms with E-state index >= 15 is 0 Å². The molecule has 1 aromatic heterocycles. The minimum absolute atomic E-state index is 0.360. The number of hydrogen-bond acceptors (Lipinski definition) is 7. The number of esters is 2. The molecule has 0 amide bonds. The van der Waals surface area contributed by atoms with Crippen molar-refractivity contribution in [1.82, 2.24) is 0 Å². The lowest BCUT2D eigenvalue weighted by atomic mass is 10.1. The molecule has 0 saturated carbocycles. The van der Waals surface area contributed by atoms with Crippen LogP contribution in [0.1, 0.15) is 71.7 Å². The number of benzene rings is 3. The van der Waals surface area contributed by atoms with Crippen molar-refractivity contribution < 1.29 is 33.1 Å². The van der Waals surface area contributed by atoms with Gasteiger partial charge < -0.3 is 23.8 Å². The number of hydrogen-bond donors (Lipinski definition) is 0. The van der Waals surface area contributed by atoms with Gasteiger partial charge in [0.2, 0.25) is 0 Å². The summed E-state index contributed by atoms with van der Waals surface area (Å²) in [5, 5.41) is 0. The number of ether oxygens (including phenoxy) is 4. The van der Waals surface area contributed by atoms with Gasteiger partial charge in [-0.15, -0.1) is 0 Å². The highest BCUT2D eigenvalue weighted by Crippen LogP contribution is 2.26. The highest BCUT2D eigenvalue weighted by Gasteiger charge is 2.14. The maximum absolute atomic E-state index is 12.8. The van der Waals surface area contributed by atoms with Crippen LogP contribution in [0, 0.1) is 6.92 Å². The molecule has 0 aliphatic heterocycles. The molecular weight excluding hydrogens is 580 g/mol. The van der Waals surface area contributed by atoms with Crippen LogP contribution in [0.15, 0.2) is 91.3 Å². The molecule has 0 saturated heterocycles. The van der Waals surface area contributed by atoms with Crippen molar-refractivity contribution in [1.29, 1.82) is 0 Å². The third-order valence-corrected chi connectivity index (χ3v) is 7.51. The van der Waals surface area contributed by atoms with Crippen molar-refractivity contribution in [3.05, 3.63) is 108 Å². The van der Waals surface area contributed by atoms with Crippen molar-refractivity contribution in [3.8, 4) is 23.0 Å². The first-order valence-electron chi connectivity index (χ1n) is 16.0. The number of rotatable bonds is 17. The SMILES string of the molecule is CCCCCCCCOc1ccc(C(=O)Oc2ccc(OC(=O)c3ccc(OCC[n+]4ccc(N(C)C)cc4)cc3)c(C)c2)cc1. The van der Waals surface area contributed by atoms with E-state index in [1.165, 1.54) is 25.7 Å². The monoisotopic (exact) mass is 625 g/mol. The number of aryl methyl sites for hydroxylation is 1. The molecule has 3 aromatic carbocycles. The summed E-state index contributed by atoms with van der Waals surface area (Å²) in [4.78, 5) is 27.6. The zero-order valence-electron chi connectivity index (χ0n) is 27.4. The van der Waals surface area contributed by atoms with E-state index in [0.29, 0.717) is 53.7 Å². The highest BCUT2D eigenvalue weighted by atomic mass is 16.5. The maximum Gasteiger partial charge on any atom is 0.343 e. The Balaban J connectivity index is 1.21. The van der Waals surface area contributed by atoms with Gasteiger partial charge in [-0.3, -0.25) is 0 Å². The van der Waals surface area contributed by atoms with Gasteiger partial charge in [0, 0.05) is 31.9 Å². The van der Waals surface area contributed by atoms with Crippen LogP contribution in [0.25, 0.3) is 0 Å². The molecule has 46 heavy (non-hydrogen) atoms. The van der Waals surface area contributed by atoms with Gasteiger partial charge in [-0.1, -0.05) is 39.0 Å². The molecule has 4 rings (SSSR count). The fraction of sp³-hybridized carbons (Fsp3) is 0.342. The molecule has 0 spiro atoms. The van der Waals surface area contributed by atoms with Crippen molar-refractivity contribution in [2.45, 2.75) is 58.9 Å². The molecule has 0 fully saturated rings. The third kappa shape index (κ3) is 10.6. The van der Waals surface area contributed by atoms with Gasteiger partial charge in [-0.05, 0) is 85.6 Å². The third-order valence-electron chi connectivity index (χ3n) is 7.51. The number of anilines is 1. The fourth-order valence-electron chi connectivity index (χ4n) is 4.74. The van der Waals surface area contributed by atoms with E-state index in [1.54, 1.807) is 73.7 Å². The fourth-order valence-corrected chi connectivity index (χ4v) is 4.74. The second kappa shape index (κ2) is 17.6. The standard InChI is InChI=1S/C38H45N2O6/c1-5-6-7-8-9-10-26-43-33-15-11-30(12-16-33)37(41)45-35-19-20-36(29(2)28-35)46-38(42)31-13-17-34(18-14-31)44-27-25-40-23-21-32(22-24-40)39(3)4/h11-24,28H,5-10,25-27H2,1-4H3/q+1. The average molecular weight is 626 g/mol. The molecule has 0 aliphatic rings. The van der Waals surface area contributed by atoms with E-state index in [0.717, 1.165) is 24.3 Å². The molecule has 4 aromatic rings. The summed E-state index contributed by atoms with van der Waals surface area (Å²) in [7, 11) is 4.02. The summed E-state index contributed by atoms with van der Waals surface area (Å²) in [6.07, 6.45) is 11.3. The Morgan fingerprint density at radius 1 is 0.652 bits per heavy atom. The maximum atomic E-state index is 12.8. The molecular formula is C38H45N2O6+. The lowest BCUT2D eigenvalue weighted by Gasteiger charge is -2.11. The summed E-state index contributed by atoms with van der Waals surface area (Å²) < 4.78 is 24.9. The molecule has 0 aliphatic carbocycles. The Kier molecular flexibility index (Phi) is 13.0. The van der Waals surface area contributed by atoms with E-state index in [-0.39, 0.29) is 0 Å². The van der Waals surface area contributed by atoms with Crippen molar-refractivity contribution in [2.75, 3.05) is 32.2 Å². The van der Waals surface area contributed by atoms with E-state index < -0.39 is 11.9 Å². The minimum Gasteiger partial charge on any atom is -0.494 e. The Bertz CT molecular complexity index is 1530. The van der Waals surface area contributed by atoms with E-state index in [1.807, 2.05) is 26.5 Å². The normalized spacial score (nSPS) is 10.7. The zero-order chi connectivity index (χ0) is 32.7. The lowest BCUT2D eigenvalue weighted by Crippen LogP contribution is -2.35. The van der Waals surface area contributed by atoms with Crippen LogP contribution in [0.4, 0.5) is 5.69 Å². The first-order valence-corrected chi connectivity index (χ1v) is 16.0. The van der Waals surface area contributed by atoms with E-state index in [4.69, 9.17) is 18.9 Å². The Hall–Kier alpha value is -4.85. The number of unbranched alkanes of at least 4 members (excludes halogenated alkanes) is 5. The highest BCUT2D eigenvalue weighted by molar-refractivity contribution is 5.92. The molecule has 0 atom stereocenters. The predicted octanol–water partition coefficient (Wildman–Crippen LogP) is 7.61. The van der Waals surface area contributed by atoms with Crippen LogP contribution in [0.3, 0.4) is 0 Å². The molecule has 242 valence electrons. The van der Waals surface area contributed by atoms with Gasteiger partial charge >= 0.3 is 11.9 Å². The number of pyridine rings is 1. The summed E-state index contributed by atoms with van der Waals surface area (Å²) in [6.45, 7) is 5.86. The Morgan fingerprint density at radius 2 is 1.20 bits per heavy atom. The Morgan fingerprint density at radius 3 is 1.78 bits per heavy atom. The van der Waals surface area contributed by atoms with Crippen molar-refractivity contribution >= 4 is 17.6 Å². The number of nitrogens with zero attached hydrogens (tertiary/aromatic N) is 2. The number of carbonyl (C=O) groups is 2. The van der Waals surface area contributed by atoms with Crippen LogP contribution < -0.4 is 28.4 Å². The van der Waals surface area contributed by atoms with Crippen LogP contribution in [-0.4, -0.2) is 39.2 Å². The van der Waals surface area contributed by atoms with Gasteiger partial charge in [0.15, 0.2) is 18.9 Å². The topological polar surface area (TPSA) is 78.2 Å². The first kappa shape index (κ1) is 34.0. The quantitative estimate of drug-likeness (QED) is 0.0517. The largest absolute Gasteiger partial charge is 0.494 e. The second-order valence-electron chi connectivity index (χ2n) is 11.4. The molecule has 0 unspecified atom stereocenters. The summed E-state index contributed by atoms with van der Waals surface area (Å²) in [5.41, 5.74) is 2.61. The van der Waals surface area contributed by atoms with Crippen LogP contribution in [0.5, 0.6) is 23.0 Å². The van der Waals surface area contributed by atoms with Gasteiger partial charge in [0.25, 0.3) is 0 Å². The molecule has 1 heterocycles. The summed E-state index contributed by atoms with van der Waals surface area (Å²) in [5.74, 6) is 1.17. The van der Waals surface area contributed by atoms with Crippen LogP contribution >= 0.6 is 0 Å². The number of aromatic nitrogens is 1. The molecule has 0 bridgehead atoms. The second-order valence-corrected chi connectivity index (χ2v) is 11.4. The minimum atomic E-state index is -0.491. The van der Waals surface area contributed by atoms with Gasteiger partial charge in [0.1, 0.15) is 29.6 Å². The zero-order valence-corrected chi connectivity index (χ0v) is 27.4. The molecule has 0 radical (unpaired) electrons. The lowest BCUT2D eigenvalue weighted by molar-refractivity contribution is -0.697. The van der Waals surface area contributed by atoms with E-state index in [2.05, 4.69) is 28.5 Å². The van der Waals surface area contributed by atoms with Crippen LogP contribution in [-0.2, 0) is 6.54 Å². The molecule has 8 nitrogen and oxygen atoms in total. The van der Waals surface area contributed by atoms with Gasteiger partial charge in [-0.2, -0.15) is 0 Å². The molecule has 8 heteroatoms. The summed E-state index contributed by atoms with van der Waals surface area (Å²) in [6, 6.07) is 22.8. The Labute approximate surface area is 272 Å².